The lowest BCUT2D eigenvalue weighted by molar-refractivity contribution is -0.116. The Balaban J connectivity index is 2.55. The lowest BCUT2D eigenvalue weighted by Gasteiger charge is -1.97. The highest BCUT2D eigenvalue weighted by Crippen LogP contribution is 2.27. The molecule has 0 radical (unpaired) electrons. The molecular formula is C8H8N2O. The normalized spacial score (nSPS) is 21.2. The maximum atomic E-state index is 11.0. The fourth-order valence-corrected chi connectivity index (χ4v) is 1.23. The van der Waals surface area contributed by atoms with E-state index in [-0.39, 0.29) is 5.91 Å². The summed E-state index contributed by atoms with van der Waals surface area (Å²) in [5, 5.41) is 2.68. The first-order valence-corrected chi connectivity index (χ1v) is 3.44. The Kier molecular flexibility index (Phi) is 1.20. The van der Waals surface area contributed by atoms with E-state index in [0.29, 0.717) is 0 Å². The molecule has 3 heteroatoms. The number of hydrogen-bond acceptors (Lipinski definition) is 2. The molecule has 1 heterocycles. The van der Waals surface area contributed by atoms with Crippen LogP contribution in [-0.4, -0.2) is 5.91 Å². The number of anilines is 1. The van der Waals surface area contributed by atoms with Gasteiger partial charge in [0.2, 0.25) is 5.91 Å². The summed E-state index contributed by atoms with van der Waals surface area (Å²) >= 11 is 0. The summed E-state index contributed by atoms with van der Waals surface area (Å²) in [7, 11) is 0. The molecule has 0 aliphatic carbocycles. The molecule has 11 heavy (non-hydrogen) atoms. The molecule has 0 fully saturated rings. The van der Waals surface area contributed by atoms with Gasteiger partial charge >= 0.3 is 0 Å². The Bertz CT molecular complexity index is 309. The van der Waals surface area contributed by atoms with Crippen LogP contribution < -0.4 is 11.1 Å². The number of carbonyl (C=O) groups excluding carboxylic acids is 1. The van der Waals surface area contributed by atoms with E-state index in [1.165, 1.54) is 0 Å². The van der Waals surface area contributed by atoms with E-state index in [1.807, 2.05) is 24.3 Å². The summed E-state index contributed by atoms with van der Waals surface area (Å²) < 4.78 is 0. The second-order valence-corrected chi connectivity index (χ2v) is 2.55. The molecule has 0 unspecified atom stereocenters. The number of benzene rings is 1. The molecule has 1 aromatic rings. The summed E-state index contributed by atoms with van der Waals surface area (Å²) in [6, 6.07) is 6.97. The molecule has 1 atom stereocenters. The largest absolute Gasteiger partial charge is 0.324 e. The zero-order valence-electron chi connectivity index (χ0n) is 5.87. The highest BCUT2D eigenvalue weighted by molar-refractivity contribution is 6.02. The summed E-state index contributed by atoms with van der Waals surface area (Å²) in [4.78, 5) is 11.0. The zero-order chi connectivity index (χ0) is 7.84. The molecule has 1 aliphatic heterocycles. The smallest absolute Gasteiger partial charge is 0.245 e. The highest BCUT2D eigenvalue weighted by Gasteiger charge is 2.25. The molecule has 0 saturated heterocycles. The van der Waals surface area contributed by atoms with Crippen LogP contribution in [0.25, 0.3) is 0 Å². The fourth-order valence-electron chi connectivity index (χ4n) is 1.23. The quantitative estimate of drug-likeness (QED) is 0.567. The summed E-state index contributed by atoms with van der Waals surface area (Å²) in [6.45, 7) is 0. The third kappa shape index (κ3) is 0.816. The molecular weight excluding hydrogens is 140 g/mol. The summed E-state index contributed by atoms with van der Waals surface area (Å²) in [6.07, 6.45) is 0. The number of para-hydroxylation sites is 1. The van der Waals surface area contributed by atoms with Gasteiger partial charge < -0.3 is 11.1 Å². The van der Waals surface area contributed by atoms with Crippen LogP contribution in [0.2, 0.25) is 0 Å². The van der Waals surface area contributed by atoms with Crippen LogP contribution in [0.15, 0.2) is 24.3 Å². The van der Waals surface area contributed by atoms with E-state index in [1.54, 1.807) is 0 Å². The number of nitrogens with one attached hydrogen (secondary N) is 1. The first-order chi connectivity index (χ1) is 5.29. The maximum Gasteiger partial charge on any atom is 0.245 e. The van der Waals surface area contributed by atoms with Crippen LogP contribution in [-0.2, 0) is 4.79 Å². The molecule has 3 N–H and O–H groups in total. The lowest BCUT2D eigenvalue weighted by Crippen LogP contribution is -2.19. The van der Waals surface area contributed by atoms with Crippen molar-refractivity contribution in [2.45, 2.75) is 6.04 Å². The second-order valence-electron chi connectivity index (χ2n) is 2.55. The molecule has 1 amide bonds. The van der Waals surface area contributed by atoms with Crippen molar-refractivity contribution < 1.29 is 4.79 Å². The highest BCUT2D eigenvalue weighted by atomic mass is 16.2. The molecule has 0 spiro atoms. The number of rotatable bonds is 0. The van der Waals surface area contributed by atoms with Gasteiger partial charge in [0.1, 0.15) is 6.04 Å². The van der Waals surface area contributed by atoms with Crippen molar-refractivity contribution >= 4 is 11.6 Å². The van der Waals surface area contributed by atoms with Crippen molar-refractivity contribution in [2.24, 2.45) is 5.73 Å². The van der Waals surface area contributed by atoms with Gasteiger partial charge in [-0.3, -0.25) is 4.79 Å². The Hall–Kier alpha value is -1.35. The van der Waals surface area contributed by atoms with Crippen LogP contribution >= 0.6 is 0 Å². The molecule has 56 valence electrons. The van der Waals surface area contributed by atoms with Crippen LogP contribution in [0.5, 0.6) is 0 Å². The SMILES string of the molecule is N[C@H]1C(=O)Nc2ccccc21. The minimum atomic E-state index is -0.480. The first-order valence-electron chi connectivity index (χ1n) is 3.44. The van der Waals surface area contributed by atoms with E-state index in [2.05, 4.69) is 5.32 Å². The number of amides is 1. The van der Waals surface area contributed by atoms with Gasteiger partial charge in [0.05, 0.1) is 0 Å². The van der Waals surface area contributed by atoms with E-state index >= 15 is 0 Å². The van der Waals surface area contributed by atoms with Gasteiger partial charge in [-0.2, -0.15) is 0 Å². The molecule has 2 rings (SSSR count). The average Bonchev–Trinajstić information content (AvgIpc) is 2.30. The van der Waals surface area contributed by atoms with Gasteiger partial charge in [-0.05, 0) is 6.07 Å². The predicted molar refractivity (Wildman–Crippen MR) is 42.0 cm³/mol. The second kappa shape index (κ2) is 2.07. The van der Waals surface area contributed by atoms with E-state index in [4.69, 9.17) is 5.73 Å². The van der Waals surface area contributed by atoms with Crippen molar-refractivity contribution in [3.05, 3.63) is 29.8 Å². The number of nitrogens with two attached hydrogens (primary N) is 1. The standard InChI is InChI=1S/C8H8N2O/c9-7-5-3-1-2-4-6(5)10-8(7)11/h1-4,7H,9H2,(H,10,11)/t7-/m1/s1. The Morgan fingerprint density at radius 1 is 1.36 bits per heavy atom. The van der Waals surface area contributed by atoms with Gasteiger partial charge in [-0.25, -0.2) is 0 Å². The van der Waals surface area contributed by atoms with Gasteiger partial charge in [0.25, 0.3) is 0 Å². The monoisotopic (exact) mass is 148 g/mol. The van der Waals surface area contributed by atoms with Gasteiger partial charge in [-0.1, -0.05) is 18.2 Å². The zero-order valence-corrected chi connectivity index (χ0v) is 5.87. The number of carbonyl (C=O) groups is 1. The Morgan fingerprint density at radius 2 is 2.09 bits per heavy atom. The van der Waals surface area contributed by atoms with Crippen molar-refractivity contribution in [1.29, 1.82) is 0 Å². The van der Waals surface area contributed by atoms with Crippen LogP contribution in [0.1, 0.15) is 11.6 Å². The van der Waals surface area contributed by atoms with Gasteiger partial charge in [0, 0.05) is 11.3 Å². The van der Waals surface area contributed by atoms with Crippen molar-refractivity contribution in [2.75, 3.05) is 5.32 Å². The Morgan fingerprint density at radius 3 is 2.82 bits per heavy atom. The van der Waals surface area contributed by atoms with Crippen LogP contribution in [0.4, 0.5) is 5.69 Å². The number of fused-ring (bicyclic) bond motifs is 1. The minimum absolute atomic E-state index is 0.119. The van der Waals surface area contributed by atoms with E-state index < -0.39 is 6.04 Å². The maximum absolute atomic E-state index is 11.0. The van der Waals surface area contributed by atoms with Gasteiger partial charge in [0.15, 0.2) is 0 Å². The van der Waals surface area contributed by atoms with Crippen molar-refractivity contribution in [3.8, 4) is 0 Å². The lowest BCUT2D eigenvalue weighted by atomic mass is 10.1. The average molecular weight is 148 g/mol. The minimum Gasteiger partial charge on any atom is -0.324 e. The number of hydrogen-bond donors (Lipinski definition) is 2. The van der Waals surface area contributed by atoms with Crippen molar-refractivity contribution in [3.63, 3.8) is 0 Å². The molecule has 0 saturated carbocycles. The van der Waals surface area contributed by atoms with E-state index in [9.17, 15) is 4.79 Å². The van der Waals surface area contributed by atoms with Crippen molar-refractivity contribution in [1.82, 2.24) is 0 Å². The molecule has 1 aromatic carbocycles. The van der Waals surface area contributed by atoms with Crippen LogP contribution in [0, 0.1) is 0 Å². The molecule has 0 aromatic heterocycles. The third-order valence-electron chi connectivity index (χ3n) is 1.84. The first kappa shape index (κ1) is 6.37. The topological polar surface area (TPSA) is 55.1 Å². The summed E-state index contributed by atoms with van der Waals surface area (Å²) in [5.74, 6) is -0.119. The van der Waals surface area contributed by atoms with Crippen LogP contribution in [0.3, 0.4) is 0 Å². The third-order valence-corrected chi connectivity index (χ3v) is 1.84. The Labute approximate surface area is 64.2 Å². The predicted octanol–water partition coefficient (Wildman–Crippen LogP) is 0.638. The van der Waals surface area contributed by atoms with E-state index in [0.717, 1.165) is 11.3 Å². The molecule has 1 aliphatic rings. The molecule has 0 bridgehead atoms. The van der Waals surface area contributed by atoms with Gasteiger partial charge in [-0.15, -0.1) is 0 Å². The fraction of sp³-hybridized carbons (Fsp3) is 0.125. The summed E-state index contributed by atoms with van der Waals surface area (Å²) in [5.41, 5.74) is 7.30. The molecule has 3 nitrogen and oxygen atoms in total.